The molecule has 0 saturated heterocycles. The van der Waals surface area contributed by atoms with Crippen LogP contribution in [0.3, 0.4) is 0 Å². The zero-order valence-electron chi connectivity index (χ0n) is 6.97. The molecule has 0 aromatic rings. The molecule has 1 saturated carbocycles. The zero-order chi connectivity index (χ0) is 7.40. The molecular weight excluding hydrogens is 115 g/mol. The predicted octanol–water partition coefficient (Wildman–Crippen LogP) is 2.71. The molecule has 0 unspecified atom stereocenters. The van der Waals surface area contributed by atoms with Crippen molar-refractivity contribution in [2.24, 2.45) is 5.92 Å². The second-order valence-electron chi connectivity index (χ2n) is 3.65. The van der Waals surface area contributed by atoms with E-state index in [1.807, 2.05) is 0 Å². The summed E-state index contributed by atoms with van der Waals surface area (Å²) in [4.78, 5) is 0. The van der Waals surface area contributed by atoms with Crippen LogP contribution in [0.5, 0.6) is 0 Å². The molecule has 0 heterocycles. The van der Waals surface area contributed by atoms with Crippen molar-refractivity contribution in [3.05, 3.63) is 12.7 Å². The summed E-state index contributed by atoms with van der Waals surface area (Å²) in [6.07, 6.45) is 9.07. The summed E-state index contributed by atoms with van der Waals surface area (Å²) in [5.41, 5.74) is 0. The molecule has 0 aliphatic heterocycles. The monoisotopic (exact) mass is 130 g/mol. The van der Waals surface area contributed by atoms with Crippen LogP contribution in [-0.2, 0) is 0 Å². The van der Waals surface area contributed by atoms with Crippen molar-refractivity contribution in [1.82, 2.24) is 0 Å². The maximum atomic E-state index is 3.77. The Balaban J connectivity index is 2.19. The molecule has 10 heavy (non-hydrogen) atoms. The third-order valence-corrected chi connectivity index (χ3v) is 2.64. The van der Waals surface area contributed by atoms with Crippen molar-refractivity contribution in [3.63, 3.8) is 0 Å². The summed E-state index contributed by atoms with van der Waals surface area (Å²) in [5.74, 6) is 0.966. The van der Waals surface area contributed by atoms with E-state index in [2.05, 4.69) is 30.4 Å². The van der Waals surface area contributed by atoms with Crippen LogP contribution in [0, 0.1) is 5.92 Å². The Morgan fingerprint density at radius 3 is 2.40 bits per heavy atom. The number of hydrogen-bond acceptors (Lipinski definition) is 0. The molecule has 0 aromatic carbocycles. The maximum absolute atomic E-state index is 3.77. The molecule has 0 N–H and O–H groups in total. The molecule has 0 bridgehead atoms. The van der Waals surface area contributed by atoms with Gasteiger partial charge in [-0.15, -0.1) is 0 Å². The zero-order valence-corrected chi connectivity index (χ0v) is 6.97. The van der Waals surface area contributed by atoms with E-state index in [-0.39, 0.29) is 0 Å². The van der Waals surface area contributed by atoms with Crippen molar-refractivity contribution >= 4 is 17.7 Å². The van der Waals surface area contributed by atoms with Crippen molar-refractivity contribution < 1.29 is 0 Å². The van der Waals surface area contributed by atoms with E-state index in [1.54, 1.807) is 0 Å². The van der Waals surface area contributed by atoms with Crippen LogP contribution in [0.1, 0.15) is 32.1 Å². The Hall–Kier alpha value is 0.337. The molecule has 0 atom stereocenters. The summed E-state index contributed by atoms with van der Waals surface area (Å²) < 4.78 is 0.987. The minimum atomic E-state index is 0.966. The van der Waals surface area contributed by atoms with Gasteiger partial charge in [-0.2, -0.15) is 0 Å². The summed E-state index contributed by atoms with van der Waals surface area (Å²) in [6, 6.07) is 0. The van der Waals surface area contributed by atoms with Crippen LogP contribution in [0.15, 0.2) is 12.7 Å². The fourth-order valence-electron chi connectivity index (χ4n) is 1.80. The first kappa shape index (κ1) is 8.43. The quantitative estimate of drug-likeness (QED) is 0.398. The van der Waals surface area contributed by atoms with Crippen LogP contribution >= 0.6 is 0 Å². The summed E-state index contributed by atoms with van der Waals surface area (Å²) >= 11 is 2.37. The third kappa shape index (κ3) is 2.52. The van der Waals surface area contributed by atoms with Gasteiger partial charge in [-0.1, -0.05) is 0 Å². The molecule has 1 aliphatic carbocycles. The van der Waals surface area contributed by atoms with Gasteiger partial charge in [-0.25, -0.2) is 0 Å². The van der Waals surface area contributed by atoms with Gasteiger partial charge in [0.15, 0.2) is 0 Å². The minimum absolute atomic E-state index is 0.966. The number of hydrogen-bond donors (Lipinski definition) is 0. The predicted molar refractivity (Wildman–Crippen MR) is 46.3 cm³/mol. The van der Waals surface area contributed by atoms with E-state index in [1.165, 1.54) is 32.1 Å². The Bertz CT molecular complexity index is 101. The van der Waals surface area contributed by atoms with Crippen molar-refractivity contribution in [2.75, 3.05) is 0 Å². The standard InChI is InChI=1S/C9H15.Li/c1-2-6-9-7-4-3-5-8-9;/h2-3,9H,1,4-8H2;. The van der Waals surface area contributed by atoms with Gasteiger partial charge in [-0.05, 0) is 0 Å². The molecule has 0 amide bonds. The molecule has 1 rings (SSSR count). The van der Waals surface area contributed by atoms with Crippen LogP contribution in [0.4, 0.5) is 0 Å². The van der Waals surface area contributed by atoms with Gasteiger partial charge in [-0.3, -0.25) is 0 Å². The van der Waals surface area contributed by atoms with Gasteiger partial charge >= 0.3 is 73.0 Å². The van der Waals surface area contributed by atoms with Crippen LogP contribution in [-0.4, -0.2) is 17.7 Å². The average Bonchev–Trinajstić information content (AvgIpc) is 1.95. The Labute approximate surface area is 73.3 Å². The Morgan fingerprint density at radius 2 is 1.90 bits per heavy atom. The van der Waals surface area contributed by atoms with Gasteiger partial charge in [0.1, 0.15) is 0 Å². The normalized spacial score (nSPS) is 33.8. The summed E-state index contributed by atoms with van der Waals surface area (Å²) in [7, 11) is 0. The molecule has 0 radical (unpaired) electrons. The summed E-state index contributed by atoms with van der Waals surface area (Å²) in [5, 5.41) is 0. The molecule has 0 aromatic heterocycles. The SMILES string of the molecule is [Li][CH]1CCC(CC=C)CC1. The molecule has 0 spiro atoms. The fraction of sp³-hybridized carbons (Fsp3) is 0.778. The first-order chi connectivity index (χ1) is 4.83. The third-order valence-electron chi connectivity index (χ3n) is 2.64. The second kappa shape index (κ2) is 4.26. The van der Waals surface area contributed by atoms with E-state index in [9.17, 15) is 0 Å². The topological polar surface area (TPSA) is 0 Å². The van der Waals surface area contributed by atoms with E-state index >= 15 is 0 Å². The molecule has 1 heteroatoms. The first-order valence-corrected chi connectivity index (χ1v) is 4.44. The Morgan fingerprint density at radius 1 is 1.30 bits per heavy atom. The van der Waals surface area contributed by atoms with Crippen LogP contribution < -0.4 is 0 Å². The van der Waals surface area contributed by atoms with Gasteiger partial charge in [0.2, 0.25) is 0 Å². The van der Waals surface area contributed by atoms with Gasteiger partial charge in [0.25, 0.3) is 0 Å². The van der Waals surface area contributed by atoms with Crippen molar-refractivity contribution in [1.29, 1.82) is 0 Å². The molecule has 52 valence electrons. The fourth-order valence-corrected chi connectivity index (χ4v) is 1.80. The Kier molecular flexibility index (Phi) is 3.60. The van der Waals surface area contributed by atoms with E-state index < -0.39 is 0 Å². The van der Waals surface area contributed by atoms with Crippen molar-refractivity contribution in [3.8, 4) is 0 Å². The average molecular weight is 130 g/mol. The number of rotatable bonds is 2. The molecule has 1 fully saturated rings. The number of allylic oxidation sites excluding steroid dienone is 1. The van der Waals surface area contributed by atoms with Crippen LogP contribution in [0.25, 0.3) is 0 Å². The van der Waals surface area contributed by atoms with Crippen LogP contribution in [0.2, 0.25) is 4.59 Å². The molecule has 1 aliphatic rings. The summed E-state index contributed by atoms with van der Waals surface area (Å²) in [6.45, 7) is 3.77. The van der Waals surface area contributed by atoms with E-state index in [0.29, 0.717) is 0 Å². The van der Waals surface area contributed by atoms with E-state index in [0.717, 1.165) is 10.5 Å². The van der Waals surface area contributed by atoms with Gasteiger partial charge < -0.3 is 0 Å². The molecular formula is C9H15Li. The van der Waals surface area contributed by atoms with Gasteiger partial charge in [0.05, 0.1) is 0 Å². The van der Waals surface area contributed by atoms with Gasteiger partial charge in [0, 0.05) is 0 Å². The molecule has 0 nitrogen and oxygen atoms in total. The first-order valence-electron chi connectivity index (χ1n) is 4.44. The van der Waals surface area contributed by atoms with E-state index in [4.69, 9.17) is 0 Å². The van der Waals surface area contributed by atoms with Crippen molar-refractivity contribution in [2.45, 2.75) is 36.7 Å². The second-order valence-corrected chi connectivity index (χ2v) is 3.65.